The first-order chi connectivity index (χ1) is 8.31. The molecule has 0 radical (unpaired) electrons. The lowest BCUT2D eigenvalue weighted by Crippen LogP contribution is -2.14. The van der Waals surface area contributed by atoms with Crippen LogP contribution in [0.2, 0.25) is 0 Å². The van der Waals surface area contributed by atoms with Gasteiger partial charge in [0.05, 0.1) is 29.8 Å². The van der Waals surface area contributed by atoms with E-state index in [0.717, 1.165) is 22.8 Å². The van der Waals surface area contributed by atoms with Gasteiger partial charge in [-0.15, -0.1) is 11.8 Å². The molecule has 5 nitrogen and oxygen atoms in total. The highest BCUT2D eigenvalue weighted by Crippen LogP contribution is 2.21. The van der Waals surface area contributed by atoms with Crippen molar-refractivity contribution in [1.82, 2.24) is 8.75 Å². The number of hydrogen-bond acceptors (Lipinski definition) is 6. The molecule has 0 saturated heterocycles. The lowest BCUT2D eigenvalue weighted by Gasteiger charge is -2.04. The van der Waals surface area contributed by atoms with Crippen LogP contribution in [0.3, 0.4) is 0 Å². The van der Waals surface area contributed by atoms with Crippen LogP contribution in [0.4, 0.5) is 5.69 Å². The summed E-state index contributed by atoms with van der Waals surface area (Å²) in [5, 5.41) is 11.4. The Morgan fingerprint density at radius 3 is 3.18 bits per heavy atom. The number of aliphatic hydroxyl groups excluding tert-OH is 1. The fraction of sp³-hybridized carbons (Fsp3) is 0.300. The van der Waals surface area contributed by atoms with E-state index in [-0.39, 0.29) is 12.5 Å². The minimum Gasteiger partial charge on any atom is -0.396 e. The largest absolute Gasteiger partial charge is 0.396 e. The van der Waals surface area contributed by atoms with E-state index in [2.05, 4.69) is 14.1 Å². The predicted octanol–water partition coefficient (Wildman–Crippen LogP) is 1.36. The fourth-order valence-corrected chi connectivity index (χ4v) is 2.40. The Bertz CT molecular complexity index is 515. The van der Waals surface area contributed by atoms with E-state index in [1.165, 1.54) is 11.8 Å². The molecule has 17 heavy (non-hydrogen) atoms. The Morgan fingerprint density at radius 2 is 2.35 bits per heavy atom. The number of thioether (sulfide) groups is 1. The molecular weight excluding hydrogens is 258 g/mol. The monoisotopic (exact) mass is 269 g/mol. The second-order valence-corrected chi connectivity index (χ2v) is 4.90. The van der Waals surface area contributed by atoms with Crippen molar-refractivity contribution in [3.63, 3.8) is 0 Å². The molecule has 0 aliphatic rings. The average Bonchev–Trinajstić information content (AvgIpc) is 2.78. The normalized spacial score (nSPS) is 10.6. The number of rotatable bonds is 5. The number of carbonyl (C=O) groups is 1. The van der Waals surface area contributed by atoms with E-state index in [1.807, 2.05) is 12.1 Å². The number of aromatic nitrogens is 2. The molecule has 0 unspecified atom stereocenters. The van der Waals surface area contributed by atoms with Crippen LogP contribution in [0.5, 0.6) is 0 Å². The molecule has 7 heteroatoms. The summed E-state index contributed by atoms with van der Waals surface area (Å²) in [6.45, 7) is 0.0868. The zero-order chi connectivity index (χ0) is 12.1. The lowest BCUT2D eigenvalue weighted by atomic mass is 10.2. The van der Waals surface area contributed by atoms with Crippen molar-refractivity contribution in [3.8, 4) is 0 Å². The number of nitrogens with zero attached hydrogens (tertiary/aromatic N) is 2. The highest BCUT2D eigenvalue weighted by Gasteiger charge is 2.08. The van der Waals surface area contributed by atoms with E-state index in [0.29, 0.717) is 17.2 Å². The molecule has 1 heterocycles. The summed E-state index contributed by atoms with van der Waals surface area (Å²) in [5.41, 5.74) is 2.19. The number of benzene rings is 1. The van der Waals surface area contributed by atoms with Crippen LogP contribution >= 0.6 is 23.5 Å². The smallest absolute Gasteiger partial charge is 0.234 e. The van der Waals surface area contributed by atoms with Gasteiger partial charge < -0.3 is 10.4 Å². The molecule has 0 fully saturated rings. The van der Waals surface area contributed by atoms with Crippen LogP contribution < -0.4 is 5.32 Å². The number of hydrogen-bond donors (Lipinski definition) is 2. The zero-order valence-electron chi connectivity index (χ0n) is 8.92. The summed E-state index contributed by atoms with van der Waals surface area (Å²) in [5.74, 6) is 0.800. The second-order valence-electron chi connectivity index (χ2n) is 3.26. The summed E-state index contributed by atoms with van der Waals surface area (Å²) in [6, 6.07) is 5.49. The van der Waals surface area contributed by atoms with Crippen LogP contribution in [0.25, 0.3) is 11.0 Å². The van der Waals surface area contributed by atoms with Crippen LogP contribution in [-0.2, 0) is 4.79 Å². The van der Waals surface area contributed by atoms with Crippen LogP contribution in [0.15, 0.2) is 18.2 Å². The molecule has 0 aliphatic carbocycles. The van der Waals surface area contributed by atoms with Gasteiger partial charge >= 0.3 is 0 Å². The first-order valence-corrected chi connectivity index (χ1v) is 6.89. The first-order valence-electron chi connectivity index (χ1n) is 5.01. The van der Waals surface area contributed by atoms with Crippen LogP contribution in [-0.4, -0.2) is 37.9 Å². The Kier molecular flexibility index (Phi) is 4.29. The number of nitrogens with one attached hydrogen (secondary N) is 1. The molecular formula is C10H11N3O2S2. The maximum atomic E-state index is 11.6. The summed E-state index contributed by atoms with van der Waals surface area (Å²) < 4.78 is 8.24. The topological polar surface area (TPSA) is 75.1 Å². The summed E-state index contributed by atoms with van der Waals surface area (Å²) >= 11 is 2.52. The molecule has 0 atom stereocenters. The Hall–Kier alpha value is -1.18. The van der Waals surface area contributed by atoms with Gasteiger partial charge in [0, 0.05) is 5.75 Å². The van der Waals surface area contributed by atoms with E-state index in [1.54, 1.807) is 6.07 Å². The molecule has 90 valence electrons. The number of amides is 1. The van der Waals surface area contributed by atoms with E-state index >= 15 is 0 Å². The minimum atomic E-state index is -0.0936. The molecule has 1 aromatic heterocycles. The average molecular weight is 269 g/mol. The first kappa shape index (κ1) is 12.3. The van der Waals surface area contributed by atoms with Gasteiger partial charge in [-0.25, -0.2) is 0 Å². The maximum Gasteiger partial charge on any atom is 0.234 e. The maximum absolute atomic E-state index is 11.6. The van der Waals surface area contributed by atoms with Crippen LogP contribution in [0, 0.1) is 0 Å². The number of fused-ring (bicyclic) bond motifs is 1. The van der Waals surface area contributed by atoms with Crippen molar-refractivity contribution in [1.29, 1.82) is 0 Å². The molecule has 1 aromatic carbocycles. The molecule has 2 aromatic rings. The van der Waals surface area contributed by atoms with Gasteiger partial charge in [-0.3, -0.25) is 4.79 Å². The van der Waals surface area contributed by atoms with E-state index < -0.39 is 0 Å². The van der Waals surface area contributed by atoms with Gasteiger partial charge in [0.1, 0.15) is 11.0 Å². The highest BCUT2D eigenvalue weighted by atomic mass is 32.2. The molecule has 0 bridgehead atoms. The van der Waals surface area contributed by atoms with E-state index in [4.69, 9.17) is 5.11 Å². The quantitative estimate of drug-likeness (QED) is 0.802. The third-order valence-corrected chi connectivity index (χ3v) is 3.51. The summed E-state index contributed by atoms with van der Waals surface area (Å²) in [4.78, 5) is 11.6. The predicted molar refractivity (Wildman–Crippen MR) is 70.5 cm³/mol. The third-order valence-electron chi connectivity index (χ3n) is 2.03. The van der Waals surface area contributed by atoms with Crippen LogP contribution in [0.1, 0.15) is 0 Å². The summed E-state index contributed by atoms with van der Waals surface area (Å²) in [7, 11) is 0. The molecule has 2 rings (SSSR count). The molecule has 0 aliphatic heterocycles. The van der Waals surface area contributed by atoms with Gasteiger partial charge in [0.25, 0.3) is 0 Å². The van der Waals surface area contributed by atoms with Gasteiger partial charge in [0.15, 0.2) is 0 Å². The van der Waals surface area contributed by atoms with Gasteiger partial charge in [-0.2, -0.15) is 8.75 Å². The zero-order valence-corrected chi connectivity index (χ0v) is 10.6. The molecule has 0 spiro atoms. The highest BCUT2D eigenvalue weighted by molar-refractivity contribution is 7.99. The number of carbonyl (C=O) groups excluding carboxylic acids is 1. The SMILES string of the molecule is O=C(CSCCO)Nc1cccc2nsnc12. The van der Waals surface area contributed by atoms with Gasteiger partial charge in [0.2, 0.25) is 5.91 Å². The van der Waals surface area contributed by atoms with Gasteiger partial charge in [-0.1, -0.05) is 6.07 Å². The Morgan fingerprint density at radius 1 is 1.47 bits per heavy atom. The molecule has 2 N–H and O–H groups in total. The number of aliphatic hydroxyl groups is 1. The standard InChI is InChI=1S/C10H11N3O2S2/c14-4-5-16-6-9(15)11-7-2-1-3-8-10(7)13-17-12-8/h1-3,14H,4-6H2,(H,11,15). The van der Waals surface area contributed by atoms with Crippen molar-refractivity contribution in [2.45, 2.75) is 0 Å². The Balaban J connectivity index is 2.03. The third kappa shape index (κ3) is 3.15. The molecule has 1 amide bonds. The van der Waals surface area contributed by atoms with Crippen molar-refractivity contribution in [2.24, 2.45) is 0 Å². The number of anilines is 1. The summed E-state index contributed by atoms with van der Waals surface area (Å²) in [6.07, 6.45) is 0. The fourth-order valence-electron chi connectivity index (χ4n) is 1.32. The Labute approximate surface area is 107 Å². The lowest BCUT2D eigenvalue weighted by molar-refractivity contribution is -0.113. The molecule has 0 saturated carbocycles. The second kappa shape index (κ2) is 5.95. The minimum absolute atomic E-state index is 0.0868. The van der Waals surface area contributed by atoms with Gasteiger partial charge in [-0.05, 0) is 12.1 Å². The van der Waals surface area contributed by atoms with Crippen molar-refractivity contribution >= 4 is 46.1 Å². The van der Waals surface area contributed by atoms with Crippen molar-refractivity contribution in [2.75, 3.05) is 23.4 Å². The van der Waals surface area contributed by atoms with E-state index in [9.17, 15) is 4.79 Å². The van der Waals surface area contributed by atoms with Crippen molar-refractivity contribution < 1.29 is 9.90 Å². The van der Waals surface area contributed by atoms with Crippen molar-refractivity contribution in [3.05, 3.63) is 18.2 Å².